The Morgan fingerprint density at radius 3 is 2.79 bits per heavy atom. The van der Waals surface area contributed by atoms with Crippen LogP contribution >= 0.6 is 0 Å². The molecule has 1 heterocycles. The van der Waals surface area contributed by atoms with Crippen molar-refractivity contribution in [3.63, 3.8) is 0 Å². The van der Waals surface area contributed by atoms with Gasteiger partial charge in [0.05, 0.1) is 6.20 Å². The summed E-state index contributed by atoms with van der Waals surface area (Å²) in [6.07, 6.45) is 4.01. The molecule has 102 valence electrons. The zero-order valence-electron chi connectivity index (χ0n) is 11.0. The van der Waals surface area contributed by atoms with Gasteiger partial charge >= 0.3 is 0 Å². The molecule has 0 aliphatic heterocycles. The van der Waals surface area contributed by atoms with E-state index in [9.17, 15) is 8.78 Å². The Labute approximate surface area is 111 Å². The standard InChI is InChI=1S/C14H17F2N3/c1-3-17-13(11-8-18-19(2)9-11)7-10-5-4-6-12(15)14(10)16/h4-6,8-9,13,17H,3,7H2,1-2H3. The highest BCUT2D eigenvalue weighted by atomic mass is 19.2. The number of rotatable bonds is 5. The molecule has 19 heavy (non-hydrogen) atoms. The highest BCUT2D eigenvalue weighted by Gasteiger charge is 2.16. The maximum Gasteiger partial charge on any atom is 0.162 e. The predicted molar refractivity (Wildman–Crippen MR) is 69.7 cm³/mol. The van der Waals surface area contributed by atoms with Gasteiger partial charge in [0.1, 0.15) is 0 Å². The lowest BCUT2D eigenvalue weighted by Gasteiger charge is -2.17. The molecule has 2 rings (SSSR count). The van der Waals surface area contributed by atoms with Crippen molar-refractivity contribution < 1.29 is 8.78 Å². The molecular weight excluding hydrogens is 248 g/mol. The first-order chi connectivity index (χ1) is 9.11. The normalized spacial score (nSPS) is 12.6. The second-order valence-electron chi connectivity index (χ2n) is 4.47. The number of likely N-dealkylation sites (N-methyl/N-ethyl adjacent to an activating group) is 1. The van der Waals surface area contributed by atoms with Gasteiger partial charge in [0.15, 0.2) is 11.6 Å². The summed E-state index contributed by atoms with van der Waals surface area (Å²) < 4.78 is 28.6. The Morgan fingerprint density at radius 1 is 1.37 bits per heavy atom. The van der Waals surface area contributed by atoms with Crippen LogP contribution in [0.5, 0.6) is 0 Å². The fourth-order valence-electron chi connectivity index (χ4n) is 2.10. The molecule has 5 heteroatoms. The summed E-state index contributed by atoms with van der Waals surface area (Å²) in [4.78, 5) is 0. The van der Waals surface area contributed by atoms with E-state index in [1.807, 2.05) is 20.2 Å². The van der Waals surface area contributed by atoms with E-state index in [4.69, 9.17) is 0 Å². The van der Waals surface area contributed by atoms with E-state index < -0.39 is 11.6 Å². The van der Waals surface area contributed by atoms with Crippen LogP contribution < -0.4 is 5.32 Å². The van der Waals surface area contributed by atoms with Gasteiger partial charge in [0.25, 0.3) is 0 Å². The molecule has 1 N–H and O–H groups in total. The van der Waals surface area contributed by atoms with E-state index in [1.165, 1.54) is 6.07 Å². The Bertz CT molecular complexity index is 551. The third kappa shape index (κ3) is 3.17. The first-order valence-corrected chi connectivity index (χ1v) is 6.26. The number of aryl methyl sites for hydroxylation is 1. The van der Waals surface area contributed by atoms with Crippen LogP contribution in [0.25, 0.3) is 0 Å². The first kappa shape index (κ1) is 13.7. The lowest BCUT2D eigenvalue weighted by atomic mass is 10.0. The third-order valence-electron chi connectivity index (χ3n) is 3.03. The molecule has 0 fully saturated rings. The van der Waals surface area contributed by atoms with E-state index in [1.54, 1.807) is 16.9 Å². The minimum atomic E-state index is -0.807. The lowest BCUT2D eigenvalue weighted by molar-refractivity contribution is 0.481. The summed E-state index contributed by atoms with van der Waals surface area (Å²) in [6, 6.07) is 4.19. The average Bonchev–Trinajstić information content (AvgIpc) is 2.81. The Balaban J connectivity index is 2.23. The van der Waals surface area contributed by atoms with Crippen molar-refractivity contribution in [3.8, 4) is 0 Å². The molecule has 0 bridgehead atoms. The second kappa shape index (κ2) is 5.93. The van der Waals surface area contributed by atoms with Crippen LogP contribution in [0.15, 0.2) is 30.6 Å². The maximum atomic E-state index is 13.7. The molecule has 1 unspecified atom stereocenters. The van der Waals surface area contributed by atoms with Gasteiger partial charge in [0.2, 0.25) is 0 Å². The van der Waals surface area contributed by atoms with Crippen LogP contribution in [0.3, 0.4) is 0 Å². The highest BCUT2D eigenvalue weighted by molar-refractivity contribution is 5.23. The molecule has 0 aliphatic carbocycles. The molecule has 0 radical (unpaired) electrons. The lowest BCUT2D eigenvalue weighted by Crippen LogP contribution is -2.23. The van der Waals surface area contributed by atoms with Gasteiger partial charge in [-0.2, -0.15) is 5.10 Å². The molecular formula is C14H17F2N3. The number of nitrogens with one attached hydrogen (secondary N) is 1. The monoisotopic (exact) mass is 265 g/mol. The summed E-state index contributed by atoms with van der Waals surface area (Å²) in [6.45, 7) is 2.72. The SMILES string of the molecule is CCNC(Cc1cccc(F)c1F)c1cnn(C)c1. The van der Waals surface area contributed by atoms with Crippen molar-refractivity contribution >= 4 is 0 Å². The molecule has 0 spiro atoms. The second-order valence-corrected chi connectivity index (χ2v) is 4.47. The van der Waals surface area contributed by atoms with Gasteiger partial charge in [0, 0.05) is 24.8 Å². The van der Waals surface area contributed by atoms with Gasteiger partial charge < -0.3 is 5.32 Å². The zero-order chi connectivity index (χ0) is 13.8. The largest absolute Gasteiger partial charge is 0.310 e. The Kier molecular flexibility index (Phi) is 4.27. The van der Waals surface area contributed by atoms with Crippen molar-refractivity contribution in [1.82, 2.24) is 15.1 Å². The number of aromatic nitrogens is 2. The fourth-order valence-corrected chi connectivity index (χ4v) is 2.10. The molecule has 3 nitrogen and oxygen atoms in total. The van der Waals surface area contributed by atoms with Crippen LogP contribution in [0.2, 0.25) is 0 Å². The molecule has 0 aliphatic rings. The van der Waals surface area contributed by atoms with E-state index in [2.05, 4.69) is 10.4 Å². The minimum Gasteiger partial charge on any atom is -0.310 e. The number of halogens is 2. The zero-order valence-corrected chi connectivity index (χ0v) is 11.0. The molecule has 1 atom stereocenters. The van der Waals surface area contributed by atoms with Crippen molar-refractivity contribution in [3.05, 3.63) is 53.4 Å². The van der Waals surface area contributed by atoms with Crippen LogP contribution in [0.1, 0.15) is 24.1 Å². The van der Waals surface area contributed by atoms with Crippen LogP contribution in [0.4, 0.5) is 8.78 Å². The van der Waals surface area contributed by atoms with Crippen molar-refractivity contribution in [1.29, 1.82) is 0 Å². The summed E-state index contributed by atoms with van der Waals surface area (Å²) in [5.41, 5.74) is 1.34. The highest BCUT2D eigenvalue weighted by Crippen LogP contribution is 2.21. The van der Waals surface area contributed by atoms with Crippen LogP contribution in [0, 0.1) is 11.6 Å². The molecule has 0 saturated carbocycles. The minimum absolute atomic E-state index is 0.0741. The van der Waals surface area contributed by atoms with Gasteiger partial charge in [-0.15, -0.1) is 0 Å². The smallest absolute Gasteiger partial charge is 0.162 e. The van der Waals surface area contributed by atoms with E-state index >= 15 is 0 Å². The summed E-state index contributed by atoms with van der Waals surface area (Å²) in [5, 5.41) is 7.38. The van der Waals surface area contributed by atoms with Gasteiger partial charge in [-0.05, 0) is 24.6 Å². The van der Waals surface area contributed by atoms with E-state index in [0.29, 0.717) is 12.0 Å². The van der Waals surface area contributed by atoms with Crippen molar-refractivity contribution in [2.75, 3.05) is 6.54 Å². The number of hydrogen-bond donors (Lipinski definition) is 1. The summed E-state index contributed by atoms with van der Waals surface area (Å²) >= 11 is 0. The summed E-state index contributed by atoms with van der Waals surface area (Å²) in [5.74, 6) is -1.58. The molecule has 2 aromatic rings. The van der Waals surface area contributed by atoms with Gasteiger partial charge in [-0.3, -0.25) is 4.68 Å². The first-order valence-electron chi connectivity index (χ1n) is 6.26. The maximum absolute atomic E-state index is 13.7. The quantitative estimate of drug-likeness (QED) is 0.900. The average molecular weight is 265 g/mol. The van der Waals surface area contributed by atoms with Gasteiger partial charge in [-0.25, -0.2) is 8.78 Å². The topological polar surface area (TPSA) is 29.9 Å². The Morgan fingerprint density at radius 2 is 2.16 bits per heavy atom. The van der Waals surface area contributed by atoms with E-state index in [0.717, 1.165) is 18.2 Å². The number of hydrogen-bond acceptors (Lipinski definition) is 2. The van der Waals surface area contributed by atoms with Crippen molar-refractivity contribution in [2.24, 2.45) is 7.05 Å². The predicted octanol–water partition coefficient (Wildman–Crippen LogP) is 2.59. The van der Waals surface area contributed by atoms with E-state index in [-0.39, 0.29) is 6.04 Å². The van der Waals surface area contributed by atoms with Crippen LogP contribution in [-0.4, -0.2) is 16.3 Å². The third-order valence-corrected chi connectivity index (χ3v) is 3.03. The number of benzene rings is 1. The number of nitrogens with zero attached hydrogens (tertiary/aromatic N) is 2. The molecule has 0 amide bonds. The van der Waals surface area contributed by atoms with Crippen LogP contribution in [-0.2, 0) is 13.5 Å². The summed E-state index contributed by atoms with van der Waals surface area (Å²) in [7, 11) is 1.83. The van der Waals surface area contributed by atoms with Crippen molar-refractivity contribution in [2.45, 2.75) is 19.4 Å². The fraction of sp³-hybridized carbons (Fsp3) is 0.357. The van der Waals surface area contributed by atoms with Gasteiger partial charge in [-0.1, -0.05) is 19.1 Å². The molecule has 1 aromatic heterocycles. The molecule has 0 saturated heterocycles. The Hall–Kier alpha value is -1.75. The molecule has 1 aromatic carbocycles.